The number of hydrogen-bond acceptors (Lipinski definition) is 7. The first-order valence-corrected chi connectivity index (χ1v) is 11.8. The van der Waals surface area contributed by atoms with Gasteiger partial charge < -0.3 is 26.6 Å². The molecule has 1 aromatic heterocycles. The molecule has 1 aromatic rings. The number of carbonyl (C=O) groups excluding carboxylic acids is 2. The molecule has 2 aliphatic heterocycles. The fourth-order valence-corrected chi connectivity index (χ4v) is 6.42. The van der Waals surface area contributed by atoms with E-state index in [9.17, 15) is 9.59 Å². The van der Waals surface area contributed by atoms with Gasteiger partial charge in [-0.3, -0.25) is 9.69 Å². The van der Waals surface area contributed by atoms with Crippen molar-refractivity contribution in [3.05, 3.63) is 10.4 Å². The number of fused-ring (bicyclic) bond motifs is 2. The van der Waals surface area contributed by atoms with Crippen LogP contribution in [0.5, 0.6) is 0 Å². The SMILES string of the molecule is CCCN(C(=O)NC1CN(C)C1)C(=O)[C@@H]1C[C@@H]2Cc3c(sc(N)c3N)C[C@H]2N(C)C1. The Bertz CT molecular complexity index is 821. The maximum absolute atomic E-state index is 13.4. The third-order valence-electron chi connectivity index (χ3n) is 6.93. The molecule has 0 saturated carbocycles. The number of rotatable bonds is 4. The smallest absolute Gasteiger partial charge is 0.324 e. The lowest BCUT2D eigenvalue weighted by atomic mass is 9.74. The quantitative estimate of drug-likeness (QED) is 0.657. The second kappa shape index (κ2) is 8.36. The molecule has 4 rings (SSSR count). The summed E-state index contributed by atoms with van der Waals surface area (Å²) in [6.45, 7) is 4.82. The lowest BCUT2D eigenvalue weighted by Crippen LogP contribution is -2.61. The monoisotopic (exact) mass is 434 g/mol. The maximum Gasteiger partial charge on any atom is 0.324 e. The van der Waals surface area contributed by atoms with Gasteiger partial charge in [-0.2, -0.15) is 0 Å². The van der Waals surface area contributed by atoms with Gasteiger partial charge in [-0.15, -0.1) is 11.3 Å². The van der Waals surface area contributed by atoms with Crippen molar-refractivity contribution in [3.63, 3.8) is 0 Å². The predicted octanol–water partition coefficient (Wildman–Crippen LogP) is 1.21. The van der Waals surface area contributed by atoms with E-state index >= 15 is 0 Å². The van der Waals surface area contributed by atoms with Gasteiger partial charge in [0.2, 0.25) is 5.91 Å². The van der Waals surface area contributed by atoms with E-state index in [0.29, 0.717) is 30.1 Å². The minimum atomic E-state index is -0.245. The number of anilines is 2. The summed E-state index contributed by atoms with van der Waals surface area (Å²) in [7, 11) is 4.12. The van der Waals surface area contributed by atoms with Gasteiger partial charge in [0.05, 0.1) is 17.6 Å². The average Bonchev–Trinajstić information content (AvgIpc) is 2.96. The molecule has 5 N–H and O–H groups in total. The van der Waals surface area contributed by atoms with Crippen LogP contribution in [-0.4, -0.2) is 79.0 Å². The van der Waals surface area contributed by atoms with E-state index in [2.05, 4.69) is 22.2 Å². The van der Waals surface area contributed by atoms with E-state index in [1.165, 1.54) is 15.3 Å². The highest BCUT2D eigenvalue weighted by molar-refractivity contribution is 7.16. The van der Waals surface area contributed by atoms with E-state index in [1.807, 2.05) is 14.0 Å². The molecule has 2 fully saturated rings. The molecule has 166 valence electrons. The Labute approximate surface area is 182 Å². The third-order valence-corrected chi connectivity index (χ3v) is 8.03. The zero-order valence-electron chi connectivity index (χ0n) is 18.2. The molecular formula is C21H34N6O2S. The first-order valence-electron chi connectivity index (χ1n) is 10.9. The number of nitrogens with one attached hydrogen (secondary N) is 1. The highest BCUT2D eigenvalue weighted by Gasteiger charge is 2.43. The van der Waals surface area contributed by atoms with Gasteiger partial charge in [0.25, 0.3) is 0 Å². The summed E-state index contributed by atoms with van der Waals surface area (Å²) in [5.41, 5.74) is 14.2. The Morgan fingerprint density at radius 2 is 1.93 bits per heavy atom. The Morgan fingerprint density at radius 3 is 2.60 bits per heavy atom. The standard InChI is InChI=1S/C21H34N6O2S/c1-4-5-27(21(29)24-14-10-25(2)11-14)20(28)13-6-12-7-15-17(30-19(23)18(15)22)8-16(12)26(3)9-13/h12-14,16H,4-11,22-23H2,1-3H3,(H,24,29)/t12-,13-,16-/m1/s1. The van der Waals surface area contributed by atoms with Crippen molar-refractivity contribution in [2.24, 2.45) is 11.8 Å². The van der Waals surface area contributed by atoms with Gasteiger partial charge in [0, 0.05) is 37.1 Å². The summed E-state index contributed by atoms with van der Waals surface area (Å²) in [5, 5.41) is 3.73. The van der Waals surface area contributed by atoms with Crippen LogP contribution in [0.15, 0.2) is 0 Å². The molecule has 0 unspecified atom stereocenters. The molecule has 1 aliphatic carbocycles. The second-order valence-corrected chi connectivity index (χ2v) is 10.4. The predicted molar refractivity (Wildman–Crippen MR) is 120 cm³/mol. The summed E-state index contributed by atoms with van der Waals surface area (Å²) in [6.07, 6.45) is 3.36. The molecule has 0 aromatic carbocycles. The van der Waals surface area contributed by atoms with E-state index < -0.39 is 0 Å². The molecule has 9 heteroatoms. The zero-order valence-corrected chi connectivity index (χ0v) is 19.0. The third kappa shape index (κ3) is 3.90. The maximum atomic E-state index is 13.4. The minimum Gasteiger partial charge on any atom is -0.396 e. The van der Waals surface area contributed by atoms with Crippen molar-refractivity contribution in [1.82, 2.24) is 20.0 Å². The van der Waals surface area contributed by atoms with Gasteiger partial charge in [-0.25, -0.2) is 4.79 Å². The van der Waals surface area contributed by atoms with Crippen molar-refractivity contribution >= 4 is 34.0 Å². The van der Waals surface area contributed by atoms with Crippen LogP contribution in [0.25, 0.3) is 0 Å². The molecule has 3 atom stereocenters. The number of carbonyl (C=O) groups is 2. The van der Waals surface area contributed by atoms with Crippen molar-refractivity contribution in [2.45, 2.75) is 44.7 Å². The average molecular weight is 435 g/mol. The summed E-state index contributed by atoms with van der Waals surface area (Å²) in [6, 6.07) is 0.292. The zero-order chi connectivity index (χ0) is 21.6. The van der Waals surface area contributed by atoms with Crippen molar-refractivity contribution in [3.8, 4) is 0 Å². The lowest BCUT2D eigenvalue weighted by Gasteiger charge is -2.45. The summed E-state index contributed by atoms with van der Waals surface area (Å²) in [5.74, 6) is 0.139. The van der Waals surface area contributed by atoms with Crippen LogP contribution < -0.4 is 16.8 Å². The molecule has 8 nitrogen and oxygen atoms in total. The number of thiophene rings is 1. The van der Waals surface area contributed by atoms with Crippen LogP contribution in [0.1, 0.15) is 30.2 Å². The number of nitrogens with zero attached hydrogens (tertiary/aromatic N) is 3. The van der Waals surface area contributed by atoms with Crippen molar-refractivity contribution < 1.29 is 9.59 Å². The van der Waals surface area contributed by atoms with Gasteiger partial charge in [0.15, 0.2) is 0 Å². The summed E-state index contributed by atoms with van der Waals surface area (Å²) in [4.78, 5) is 33.4. The van der Waals surface area contributed by atoms with Crippen LogP contribution in [0.3, 0.4) is 0 Å². The number of likely N-dealkylation sites (N-methyl/N-ethyl adjacent to an activating group) is 2. The van der Waals surface area contributed by atoms with Gasteiger partial charge in [-0.1, -0.05) is 6.92 Å². The van der Waals surface area contributed by atoms with E-state index in [0.717, 1.165) is 44.5 Å². The van der Waals surface area contributed by atoms with Crippen LogP contribution in [0.4, 0.5) is 15.5 Å². The van der Waals surface area contributed by atoms with Gasteiger partial charge in [-0.05, 0) is 51.3 Å². The number of nitrogens with two attached hydrogens (primary N) is 2. The number of hydrogen-bond donors (Lipinski definition) is 3. The normalized spacial score (nSPS) is 27.1. The van der Waals surface area contributed by atoms with E-state index in [4.69, 9.17) is 11.5 Å². The van der Waals surface area contributed by atoms with Crippen LogP contribution in [0.2, 0.25) is 0 Å². The highest BCUT2D eigenvalue weighted by atomic mass is 32.1. The Kier molecular flexibility index (Phi) is 5.96. The van der Waals surface area contributed by atoms with Crippen molar-refractivity contribution in [1.29, 1.82) is 0 Å². The summed E-state index contributed by atoms with van der Waals surface area (Å²) >= 11 is 1.61. The Morgan fingerprint density at radius 1 is 1.20 bits per heavy atom. The minimum absolute atomic E-state index is 0.0454. The lowest BCUT2D eigenvalue weighted by molar-refractivity contribution is -0.136. The first-order chi connectivity index (χ1) is 14.3. The Balaban J connectivity index is 1.46. The molecule has 0 spiro atoms. The van der Waals surface area contributed by atoms with Crippen molar-refractivity contribution in [2.75, 3.05) is 51.7 Å². The fraction of sp³-hybridized carbons (Fsp3) is 0.714. The molecule has 30 heavy (non-hydrogen) atoms. The largest absolute Gasteiger partial charge is 0.396 e. The molecule has 3 amide bonds. The molecule has 3 aliphatic rings. The fourth-order valence-electron chi connectivity index (χ4n) is 5.35. The van der Waals surface area contributed by atoms with Gasteiger partial charge >= 0.3 is 6.03 Å². The van der Waals surface area contributed by atoms with E-state index in [-0.39, 0.29) is 23.9 Å². The second-order valence-electron chi connectivity index (χ2n) is 9.25. The number of amides is 3. The number of imide groups is 1. The number of likely N-dealkylation sites (tertiary alicyclic amines) is 2. The van der Waals surface area contributed by atoms with Crippen LogP contribution >= 0.6 is 11.3 Å². The Hall–Kier alpha value is -1.84. The molecule has 3 heterocycles. The van der Waals surface area contributed by atoms with Crippen LogP contribution in [-0.2, 0) is 17.6 Å². The van der Waals surface area contributed by atoms with Crippen LogP contribution in [0, 0.1) is 11.8 Å². The molecular weight excluding hydrogens is 400 g/mol. The topological polar surface area (TPSA) is 108 Å². The number of piperidine rings is 1. The summed E-state index contributed by atoms with van der Waals surface area (Å²) < 4.78 is 0. The van der Waals surface area contributed by atoms with E-state index in [1.54, 1.807) is 11.3 Å². The molecule has 0 radical (unpaired) electrons. The highest BCUT2D eigenvalue weighted by Crippen LogP contribution is 2.44. The first kappa shape index (κ1) is 21.4. The van der Waals surface area contributed by atoms with Gasteiger partial charge in [0.1, 0.15) is 5.00 Å². The molecule has 0 bridgehead atoms. The molecule has 2 saturated heterocycles. The number of urea groups is 1. The number of nitrogen functional groups attached to an aromatic ring is 2.